The van der Waals surface area contributed by atoms with Crippen molar-refractivity contribution in [3.8, 4) is 0 Å². The second-order valence-corrected chi connectivity index (χ2v) is 5.40. The van der Waals surface area contributed by atoms with E-state index in [0.29, 0.717) is 0 Å². The van der Waals surface area contributed by atoms with E-state index in [1.165, 1.54) is 6.92 Å². The van der Waals surface area contributed by atoms with Crippen LogP contribution in [0.1, 0.15) is 53.4 Å². The Morgan fingerprint density at radius 1 is 0.882 bits per heavy atom. The number of nitrogens with one attached hydrogen (secondary N) is 2. The molecule has 2 N–H and O–H groups in total. The number of hydrogen-bond donors (Lipinski definition) is 2. The third-order valence-electron chi connectivity index (χ3n) is 2.44. The molecule has 2 amide bonds. The van der Waals surface area contributed by atoms with Gasteiger partial charge in [0.05, 0.1) is 0 Å². The van der Waals surface area contributed by atoms with Crippen LogP contribution in [0.25, 0.3) is 0 Å². The minimum Gasteiger partial charge on any atom is -0.356 e. The Hall–Kier alpha value is -1.06. The summed E-state index contributed by atoms with van der Waals surface area (Å²) in [5.41, 5.74) is -0.300. The van der Waals surface area contributed by atoms with Gasteiger partial charge in [-0.2, -0.15) is 0 Å². The number of unbranched alkanes of at least 4 members (excludes halogenated alkanes) is 3. The summed E-state index contributed by atoms with van der Waals surface area (Å²) in [5, 5.41) is 5.69. The molecule has 0 aromatic heterocycles. The van der Waals surface area contributed by atoms with Gasteiger partial charge in [0.2, 0.25) is 11.8 Å². The van der Waals surface area contributed by atoms with Crippen LogP contribution < -0.4 is 10.6 Å². The summed E-state index contributed by atoms with van der Waals surface area (Å²) in [5.74, 6) is 0.137. The molecule has 100 valence electrons. The van der Waals surface area contributed by atoms with E-state index in [9.17, 15) is 9.59 Å². The van der Waals surface area contributed by atoms with Crippen LogP contribution in [0.15, 0.2) is 0 Å². The molecule has 0 rings (SSSR count). The molecule has 0 bridgehead atoms. The fraction of sp³-hybridized carbons (Fsp3) is 0.846. The first kappa shape index (κ1) is 15.9. The third-order valence-corrected chi connectivity index (χ3v) is 2.44. The van der Waals surface area contributed by atoms with Crippen molar-refractivity contribution in [1.82, 2.24) is 10.6 Å². The average molecular weight is 242 g/mol. The summed E-state index contributed by atoms with van der Waals surface area (Å²) in [7, 11) is 0. The zero-order valence-corrected chi connectivity index (χ0v) is 11.6. The predicted octanol–water partition coefficient (Wildman–Crippen LogP) is 1.85. The van der Waals surface area contributed by atoms with E-state index in [-0.39, 0.29) is 17.2 Å². The van der Waals surface area contributed by atoms with Crippen LogP contribution in [0.2, 0.25) is 0 Å². The predicted molar refractivity (Wildman–Crippen MR) is 69.6 cm³/mol. The standard InChI is InChI=1S/C13H26N2O2/c1-11(16)14-9-7-5-6-8-10-15-12(17)13(2,3)4/h5-10H2,1-4H3,(H,14,16)(H,15,17). The van der Waals surface area contributed by atoms with Crippen LogP contribution in [0.3, 0.4) is 0 Å². The maximum atomic E-state index is 11.5. The summed E-state index contributed by atoms with van der Waals surface area (Å²) >= 11 is 0. The summed E-state index contributed by atoms with van der Waals surface area (Å²) in [4.78, 5) is 22.1. The molecule has 0 aromatic rings. The molecule has 0 radical (unpaired) electrons. The van der Waals surface area contributed by atoms with E-state index in [1.54, 1.807) is 0 Å². The number of hydrogen-bond acceptors (Lipinski definition) is 2. The summed E-state index contributed by atoms with van der Waals surface area (Å²) < 4.78 is 0. The number of rotatable bonds is 7. The first-order chi connectivity index (χ1) is 7.84. The molecule has 0 aliphatic rings. The van der Waals surface area contributed by atoms with Crippen molar-refractivity contribution in [2.45, 2.75) is 53.4 Å². The molecule has 17 heavy (non-hydrogen) atoms. The van der Waals surface area contributed by atoms with Crippen LogP contribution in [-0.4, -0.2) is 24.9 Å². The van der Waals surface area contributed by atoms with E-state index in [2.05, 4.69) is 10.6 Å². The van der Waals surface area contributed by atoms with Crippen LogP contribution >= 0.6 is 0 Å². The SMILES string of the molecule is CC(=O)NCCCCCCNC(=O)C(C)(C)C. The van der Waals surface area contributed by atoms with Gasteiger partial charge < -0.3 is 10.6 Å². The second-order valence-electron chi connectivity index (χ2n) is 5.40. The van der Waals surface area contributed by atoms with Crippen molar-refractivity contribution in [1.29, 1.82) is 0 Å². The highest BCUT2D eigenvalue weighted by Crippen LogP contribution is 2.12. The van der Waals surface area contributed by atoms with Gasteiger partial charge in [-0.05, 0) is 12.8 Å². The van der Waals surface area contributed by atoms with Gasteiger partial charge in [-0.25, -0.2) is 0 Å². The van der Waals surface area contributed by atoms with E-state index in [4.69, 9.17) is 0 Å². The molecule has 4 nitrogen and oxygen atoms in total. The Labute approximate surface area is 105 Å². The highest BCUT2D eigenvalue weighted by molar-refractivity contribution is 5.81. The van der Waals surface area contributed by atoms with Gasteiger partial charge in [0.25, 0.3) is 0 Å². The highest BCUT2D eigenvalue weighted by atomic mass is 16.2. The monoisotopic (exact) mass is 242 g/mol. The van der Waals surface area contributed by atoms with Gasteiger partial charge in [-0.1, -0.05) is 33.6 Å². The van der Waals surface area contributed by atoms with Gasteiger partial charge in [-0.3, -0.25) is 9.59 Å². The molecule has 0 unspecified atom stereocenters. The Kier molecular flexibility index (Phi) is 7.59. The van der Waals surface area contributed by atoms with Crippen LogP contribution in [-0.2, 0) is 9.59 Å². The molecule has 0 aliphatic carbocycles. The summed E-state index contributed by atoms with van der Waals surface area (Å²) in [6, 6.07) is 0. The molecule has 0 aromatic carbocycles. The normalized spacial score (nSPS) is 11.1. The summed E-state index contributed by atoms with van der Waals surface area (Å²) in [6.07, 6.45) is 4.18. The van der Waals surface area contributed by atoms with Crippen molar-refractivity contribution < 1.29 is 9.59 Å². The van der Waals surface area contributed by atoms with Crippen molar-refractivity contribution in [2.75, 3.05) is 13.1 Å². The molecule has 0 heterocycles. The fourth-order valence-corrected chi connectivity index (χ4v) is 1.34. The molecule has 0 fully saturated rings. The number of amides is 2. The third kappa shape index (κ3) is 9.85. The van der Waals surface area contributed by atoms with Crippen LogP contribution in [0.5, 0.6) is 0 Å². The van der Waals surface area contributed by atoms with Crippen molar-refractivity contribution in [3.63, 3.8) is 0 Å². The van der Waals surface area contributed by atoms with Gasteiger partial charge in [-0.15, -0.1) is 0 Å². The largest absolute Gasteiger partial charge is 0.356 e. The Morgan fingerprint density at radius 3 is 1.76 bits per heavy atom. The minimum atomic E-state index is -0.300. The van der Waals surface area contributed by atoms with E-state index in [0.717, 1.165) is 38.8 Å². The van der Waals surface area contributed by atoms with Gasteiger partial charge in [0.1, 0.15) is 0 Å². The highest BCUT2D eigenvalue weighted by Gasteiger charge is 2.19. The van der Waals surface area contributed by atoms with E-state index in [1.807, 2.05) is 20.8 Å². The maximum Gasteiger partial charge on any atom is 0.225 e. The van der Waals surface area contributed by atoms with E-state index < -0.39 is 0 Å². The molecule has 0 aliphatic heterocycles. The number of carbonyl (C=O) groups is 2. The van der Waals surface area contributed by atoms with Gasteiger partial charge >= 0.3 is 0 Å². The average Bonchev–Trinajstić information content (AvgIpc) is 2.19. The van der Waals surface area contributed by atoms with Crippen LogP contribution in [0, 0.1) is 5.41 Å². The lowest BCUT2D eigenvalue weighted by atomic mass is 9.96. The van der Waals surface area contributed by atoms with Crippen LogP contribution in [0.4, 0.5) is 0 Å². The van der Waals surface area contributed by atoms with Crippen molar-refractivity contribution in [2.24, 2.45) is 5.41 Å². The maximum absolute atomic E-state index is 11.5. The first-order valence-electron chi connectivity index (χ1n) is 6.37. The fourth-order valence-electron chi connectivity index (χ4n) is 1.34. The smallest absolute Gasteiger partial charge is 0.225 e. The second kappa shape index (κ2) is 8.09. The van der Waals surface area contributed by atoms with Gasteiger partial charge in [0, 0.05) is 25.4 Å². The van der Waals surface area contributed by atoms with Crippen molar-refractivity contribution in [3.05, 3.63) is 0 Å². The zero-order valence-electron chi connectivity index (χ0n) is 11.6. The van der Waals surface area contributed by atoms with Gasteiger partial charge in [0.15, 0.2) is 0 Å². The molecule has 0 saturated carbocycles. The first-order valence-corrected chi connectivity index (χ1v) is 6.37. The number of carbonyl (C=O) groups excluding carboxylic acids is 2. The van der Waals surface area contributed by atoms with Crippen molar-refractivity contribution >= 4 is 11.8 Å². The molecule has 0 saturated heterocycles. The summed E-state index contributed by atoms with van der Waals surface area (Å²) in [6.45, 7) is 8.77. The Balaban J connectivity index is 3.30. The molecular formula is C13H26N2O2. The topological polar surface area (TPSA) is 58.2 Å². The lowest BCUT2D eigenvalue weighted by molar-refractivity contribution is -0.128. The van der Waals surface area contributed by atoms with E-state index >= 15 is 0 Å². The quantitative estimate of drug-likeness (QED) is 0.669. The lowest BCUT2D eigenvalue weighted by Crippen LogP contribution is -2.35. The molecule has 0 atom stereocenters. The molecular weight excluding hydrogens is 216 g/mol. The Morgan fingerprint density at radius 2 is 1.35 bits per heavy atom. The molecule has 4 heteroatoms. The lowest BCUT2D eigenvalue weighted by Gasteiger charge is -2.17. The Bertz CT molecular complexity index is 244. The molecule has 0 spiro atoms. The minimum absolute atomic E-state index is 0.0300. The zero-order chi connectivity index (χ0) is 13.3.